The third-order valence-corrected chi connectivity index (χ3v) is 3.55. The molecule has 0 spiro atoms. The summed E-state index contributed by atoms with van der Waals surface area (Å²) in [4.78, 5) is 22.2. The largest absolute Gasteiger partial charge is 0.445 e. The first-order chi connectivity index (χ1) is 10.3. The first-order valence-electron chi connectivity index (χ1n) is 7.06. The highest BCUT2D eigenvalue weighted by Crippen LogP contribution is 2.16. The molecule has 0 atom stereocenters. The average molecular weight is 283 g/mol. The molecule has 2 heterocycles. The monoisotopic (exact) mass is 283 g/mol. The number of hydrogen-bond acceptors (Lipinski definition) is 4. The highest BCUT2D eigenvalue weighted by Gasteiger charge is 2.20. The fraction of sp³-hybridized carbons (Fsp3) is 0.312. The summed E-state index contributed by atoms with van der Waals surface area (Å²) in [6, 6.07) is 9.69. The van der Waals surface area contributed by atoms with Crippen LogP contribution >= 0.6 is 0 Å². The fourth-order valence-electron chi connectivity index (χ4n) is 2.43. The van der Waals surface area contributed by atoms with Crippen LogP contribution in [0.15, 0.2) is 42.9 Å². The average Bonchev–Trinajstić information content (AvgIpc) is 2.76. The van der Waals surface area contributed by atoms with Gasteiger partial charge in [-0.1, -0.05) is 30.3 Å². The van der Waals surface area contributed by atoms with Crippen LogP contribution in [0, 0.1) is 0 Å². The minimum absolute atomic E-state index is 0.282. The maximum atomic E-state index is 12.2. The molecular formula is C16H17N3O2. The molecule has 0 radical (unpaired) electrons. The zero-order valence-electron chi connectivity index (χ0n) is 11.7. The van der Waals surface area contributed by atoms with Crippen molar-refractivity contribution in [1.82, 2.24) is 14.9 Å². The number of aryl methyl sites for hydroxylation is 1. The van der Waals surface area contributed by atoms with E-state index in [-0.39, 0.29) is 6.09 Å². The Morgan fingerprint density at radius 1 is 1.29 bits per heavy atom. The summed E-state index contributed by atoms with van der Waals surface area (Å²) in [6.07, 6.45) is 4.83. The molecular weight excluding hydrogens is 266 g/mol. The summed E-state index contributed by atoms with van der Waals surface area (Å²) >= 11 is 0. The van der Waals surface area contributed by atoms with Crippen molar-refractivity contribution in [2.75, 3.05) is 6.54 Å². The summed E-state index contributed by atoms with van der Waals surface area (Å²) in [5, 5.41) is 0. The molecule has 0 saturated carbocycles. The number of hydrogen-bond donors (Lipinski definition) is 0. The van der Waals surface area contributed by atoms with Gasteiger partial charge in [-0.15, -0.1) is 0 Å². The molecule has 5 nitrogen and oxygen atoms in total. The van der Waals surface area contributed by atoms with Crippen molar-refractivity contribution < 1.29 is 9.53 Å². The van der Waals surface area contributed by atoms with Gasteiger partial charge in [0.2, 0.25) is 0 Å². The number of aromatic nitrogens is 2. The molecule has 0 saturated heterocycles. The molecule has 5 heteroatoms. The van der Waals surface area contributed by atoms with Crippen molar-refractivity contribution in [2.45, 2.75) is 26.0 Å². The number of carbonyl (C=O) groups excluding carboxylic acids is 1. The minimum Gasteiger partial charge on any atom is -0.445 e. The normalized spacial score (nSPS) is 14.2. The number of nitrogens with zero attached hydrogens (tertiary/aromatic N) is 3. The van der Waals surface area contributed by atoms with E-state index in [4.69, 9.17) is 4.74 Å². The Bertz CT molecular complexity index is 616. The van der Waals surface area contributed by atoms with Crippen LogP contribution in [0.5, 0.6) is 0 Å². The first kappa shape index (κ1) is 13.5. The van der Waals surface area contributed by atoms with E-state index in [2.05, 4.69) is 9.97 Å². The second kappa shape index (κ2) is 6.35. The van der Waals surface area contributed by atoms with E-state index in [1.807, 2.05) is 30.3 Å². The number of ether oxygens (including phenoxy) is 1. The summed E-state index contributed by atoms with van der Waals surface area (Å²) in [7, 11) is 0. The molecule has 1 amide bonds. The van der Waals surface area contributed by atoms with Crippen LogP contribution in [0.2, 0.25) is 0 Å². The molecule has 0 bridgehead atoms. The first-order valence-corrected chi connectivity index (χ1v) is 7.06. The number of amides is 1. The van der Waals surface area contributed by atoms with Gasteiger partial charge in [-0.3, -0.25) is 0 Å². The Morgan fingerprint density at radius 2 is 2.14 bits per heavy atom. The van der Waals surface area contributed by atoms with Gasteiger partial charge in [0, 0.05) is 24.0 Å². The third kappa shape index (κ3) is 3.37. The van der Waals surface area contributed by atoms with Gasteiger partial charge in [0.1, 0.15) is 12.9 Å². The molecule has 1 aromatic carbocycles. The van der Waals surface area contributed by atoms with Crippen molar-refractivity contribution >= 4 is 6.09 Å². The summed E-state index contributed by atoms with van der Waals surface area (Å²) in [6.45, 7) is 1.50. The molecule has 0 N–H and O–H groups in total. The number of fused-ring (bicyclic) bond motifs is 1. The van der Waals surface area contributed by atoms with Gasteiger partial charge in [0.05, 0.1) is 6.54 Å². The van der Waals surface area contributed by atoms with Gasteiger partial charge >= 0.3 is 6.09 Å². The summed E-state index contributed by atoms with van der Waals surface area (Å²) < 4.78 is 5.38. The second-order valence-corrected chi connectivity index (χ2v) is 5.06. The predicted molar refractivity (Wildman–Crippen MR) is 77.4 cm³/mol. The Morgan fingerprint density at radius 3 is 3.00 bits per heavy atom. The van der Waals surface area contributed by atoms with Crippen molar-refractivity contribution in [3.05, 3.63) is 59.7 Å². The second-order valence-electron chi connectivity index (χ2n) is 5.06. The molecule has 3 rings (SSSR count). The van der Waals surface area contributed by atoms with E-state index in [1.54, 1.807) is 17.4 Å². The van der Waals surface area contributed by atoms with Crippen LogP contribution in [0.3, 0.4) is 0 Å². The summed E-state index contributed by atoms with van der Waals surface area (Å²) in [5.41, 5.74) is 3.03. The highest BCUT2D eigenvalue weighted by molar-refractivity contribution is 5.67. The molecule has 1 aliphatic heterocycles. The lowest BCUT2D eigenvalue weighted by atomic mass is 10.2. The Balaban J connectivity index is 1.63. The fourth-order valence-corrected chi connectivity index (χ4v) is 2.43. The third-order valence-electron chi connectivity index (χ3n) is 3.55. The topological polar surface area (TPSA) is 55.3 Å². The predicted octanol–water partition coefficient (Wildman–Crippen LogP) is 2.56. The molecule has 2 aromatic rings. The SMILES string of the molecule is O=C(OCc1ccccc1)N1CCCc2ncncc2C1. The van der Waals surface area contributed by atoms with Crippen molar-refractivity contribution in [3.8, 4) is 0 Å². The molecule has 0 fully saturated rings. The molecule has 21 heavy (non-hydrogen) atoms. The van der Waals surface area contributed by atoms with Gasteiger partial charge < -0.3 is 9.64 Å². The van der Waals surface area contributed by atoms with E-state index in [0.717, 1.165) is 29.7 Å². The minimum atomic E-state index is -0.282. The quantitative estimate of drug-likeness (QED) is 0.850. The number of carbonyl (C=O) groups is 1. The molecule has 1 aliphatic rings. The van der Waals surface area contributed by atoms with Crippen molar-refractivity contribution in [1.29, 1.82) is 0 Å². The molecule has 1 aromatic heterocycles. The van der Waals surface area contributed by atoms with Crippen LogP contribution in [0.4, 0.5) is 4.79 Å². The van der Waals surface area contributed by atoms with E-state index in [9.17, 15) is 4.79 Å². The van der Waals surface area contributed by atoms with Gasteiger partial charge in [-0.25, -0.2) is 14.8 Å². The van der Waals surface area contributed by atoms with Gasteiger partial charge in [-0.05, 0) is 18.4 Å². The maximum Gasteiger partial charge on any atom is 0.410 e. The lowest BCUT2D eigenvalue weighted by Crippen LogP contribution is -2.31. The van der Waals surface area contributed by atoms with Crippen LogP contribution in [-0.4, -0.2) is 27.5 Å². The van der Waals surface area contributed by atoms with Crippen molar-refractivity contribution in [3.63, 3.8) is 0 Å². The molecule has 0 unspecified atom stereocenters. The Hall–Kier alpha value is -2.43. The maximum absolute atomic E-state index is 12.2. The smallest absolute Gasteiger partial charge is 0.410 e. The zero-order chi connectivity index (χ0) is 14.5. The number of rotatable bonds is 2. The lowest BCUT2D eigenvalue weighted by molar-refractivity contribution is 0.0942. The number of benzene rings is 1. The summed E-state index contributed by atoms with van der Waals surface area (Å²) in [5.74, 6) is 0. The van der Waals surface area contributed by atoms with E-state index in [0.29, 0.717) is 19.7 Å². The highest BCUT2D eigenvalue weighted by atomic mass is 16.6. The lowest BCUT2D eigenvalue weighted by Gasteiger charge is -2.20. The molecule has 108 valence electrons. The van der Waals surface area contributed by atoms with Crippen molar-refractivity contribution in [2.24, 2.45) is 0 Å². The van der Waals surface area contributed by atoms with Crippen LogP contribution in [0.1, 0.15) is 23.2 Å². The van der Waals surface area contributed by atoms with Gasteiger partial charge in [0.25, 0.3) is 0 Å². The van der Waals surface area contributed by atoms with Crippen LogP contribution < -0.4 is 0 Å². The van der Waals surface area contributed by atoms with E-state index < -0.39 is 0 Å². The van der Waals surface area contributed by atoms with Crippen LogP contribution in [0.25, 0.3) is 0 Å². The Labute approximate surface area is 123 Å². The zero-order valence-corrected chi connectivity index (χ0v) is 11.7. The van der Waals surface area contributed by atoms with E-state index in [1.165, 1.54) is 0 Å². The van der Waals surface area contributed by atoms with E-state index >= 15 is 0 Å². The van der Waals surface area contributed by atoms with Crippen LogP contribution in [-0.2, 0) is 24.3 Å². The molecule has 0 aliphatic carbocycles. The standard InChI is InChI=1S/C16H17N3O2/c20-16(21-11-13-5-2-1-3-6-13)19-8-4-7-15-14(10-19)9-17-12-18-15/h1-3,5-6,9,12H,4,7-8,10-11H2. The van der Waals surface area contributed by atoms with Gasteiger partial charge in [-0.2, -0.15) is 0 Å². The Kier molecular flexibility index (Phi) is 4.09. The van der Waals surface area contributed by atoms with Gasteiger partial charge in [0.15, 0.2) is 0 Å².